The lowest BCUT2D eigenvalue weighted by Gasteiger charge is -2.21. The molecule has 1 saturated heterocycles. The van der Waals surface area contributed by atoms with Gasteiger partial charge < -0.3 is 0 Å². The van der Waals surface area contributed by atoms with Crippen molar-refractivity contribution < 1.29 is 8.42 Å². The number of aromatic nitrogens is 3. The van der Waals surface area contributed by atoms with Gasteiger partial charge in [0.15, 0.2) is 5.82 Å². The molecule has 0 amide bonds. The minimum absolute atomic E-state index is 0.0226. The van der Waals surface area contributed by atoms with Gasteiger partial charge in [-0.15, -0.1) is 0 Å². The van der Waals surface area contributed by atoms with Crippen molar-refractivity contribution in [1.82, 2.24) is 19.5 Å². The fraction of sp³-hybridized carbons (Fsp3) is 0.385. The van der Waals surface area contributed by atoms with Gasteiger partial charge in [-0.3, -0.25) is 0 Å². The van der Waals surface area contributed by atoms with Crippen molar-refractivity contribution in [2.75, 3.05) is 11.5 Å². The third-order valence-electron chi connectivity index (χ3n) is 3.30. The van der Waals surface area contributed by atoms with E-state index >= 15 is 0 Å². The lowest BCUT2D eigenvalue weighted by molar-refractivity contribution is 0.529. The van der Waals surface area contributed by atoms with E-state index in [0.717, 1.165) is 24.3 Å². The molecule has 0 radical (unpaired) electrons. The summed E-state index contributed by atoms with van der Waals surface area (Å²) in [6.07, 6.45) is 6.23. The van der Waals surface area contributed by atoms with Crippen molar-refractivity contribution in [3.8, 4) is 5.82 Å². The summed E-state index contributed by atoms with van der Waals surface area (Å²) >= 11 is 1.86. The van der Waals surface area contributed by atoms with E-state index in [0.29, 0.717) is 5.82 Å². The van der Waals surface area contributed by atoms with E-state index in [-0.39, 0.29) is 10.9 Å². The molecule has 2 aromatic rings. The highest BCUT2D eigenvalue weighted by atomic mass is 32.2. The lowest BCUT2D eigenvalue weighted by Crippen LogP contribution is -2.37. The van der Waals surface area contributed by atoms with Crippen molar-refractivity contribution >= 4 is 21.8 Å². The van der Waals surface area contributed by atoms with Crippen LogP contribution < -0.4 is 4.72 Å². The molecule has 2 aromatic heterocycles. The van der Waals surface area contributed by atoms with Crippen LogP contribution in [-0.2, 0) is 10.0 Å². The van der Waals surface area contributed by atoms with Crippen LogP contribution in [0, 0.1) is 0 Å². The highest BCUT2D eigenvalue weighted by molar-refractivity contribution is 7.99. The van der Waals surface area contributed by atoms with Gasteiger partial charge in [-0.05, 0) is 36.5 Å². The summed E-state index contributed by atoms with van der Waals surface area (Å²) < 4.78 is 28.9. The monoisotopic (exact) mass is 324 g/mol. The molecular formula is C13H16N4O2S2. The van der Waals surface area contributed by atoms with Crippen molar-refractivity contribution in [3.05, 3.63) is 36.8 Å². The summed E-state index contributed by atoms with van der Waals surface area (Å²) in [6.45, 7) is 0. The molecule has 8 heteroatoms. The van der Waals surface area contributed by atoms with Gasteiger partial charge in [0.2, 0.25) is 10.0 Å². The maximum Gasteiger partial charge on any atom is 0.243 e. The Morgan fingerprint density at radius 3 is 2.81 bits per heavy atom. The summed E-state index contributed by atoms with van der Waals surface area (Å²) in [5.41, 5.74) is 0. The third kappa shape index (κ3) is 3.45. The fourth-order valence-corrected chi connectivity index (χ4v) is 4.50. The maximum atomic E-state index is 12.4. The minimum Gasteiger partial charge on any atom is -0.237 e. The predicted octanol–water partition coefficient (Wildman–Crippen LogP) is 1.44. The number of rotatable bonds is 4. The third-order valence-corrected chi connectivity index (χ3v) is 5.82. The summed E-state index contributed by atoms with van der Waals surface area (Å²) in [4.78, 5) is 4.32. The summed E-state index contributed by atoms with van der Waals surface area (Å²) in [7, 11) is -3.52. The summed E-state index contributed by atoms with van der Waals surface area (Å²) in [5.74, 6) is 2.59. The zero-order chi connectivity index (χ0) is 14.7. The molecule has 0 aliphatic carbocycles. The van der Waals surface area contributed by atoms with Crippen LogP contribution in [0.1, 0.15) is 12.8 Å². The second kappa shape index (κ2) is 6.17. The Hall–Kier alpha value is -1.38. The van der Waals surface area contributed by atoms with Gasteiger partial charge in [0.25, 0.3) is 0 Å². The Morgan fingerprint density at radius 1 is 1.29 bits per heavy atom. The molecule has 1 aliphatic rings. The standard InChI is InChI=1S/C13H16N4O2S2/c18-21(19,16-11-4-7-20-8-5-11)12-9-15-17(10-12)13-3-1-2-6-14-13/h1-3,6,9-11,16H,4-5,7-8H2. The zero-order valence-electron chi connectivity index (χ0n) is 11.3. The van der Waals surface area contributed by atoms with Crippen LogP contribution in [0.2, 0.25) is 0 Å². The normalized spacial score (nSPS) is 17.0. The van der Waals surface area contributed by atoms with Gasteiger partial charge in [0, 0.05) is 12.2 Å². The highest BCUT2D eigenvalue weighted by Gasteiger charge is 2.23. The Balaban J connectivity index is 1.78. The van der Waals surface area contributed by atoms with E-state index < -0.39 is 10.0 Å². The first kappa shape index (κ1) is 14.6. The molecule has 21 heavy (non-hydrogen) atoms. The van der Waals surface area contributed by atoms with Gasteiger partial charge >= 0.3 is 0 Å². The number of hydrogen-bond donors (Lipinski definition) is 1. The van der Waals surface area contributed by atoms with Crippen LogP contribution in [0.25, 0.3) is 5.82 Å². The van der Waals surface area contributed by atoms with E-state index in [9.17, 15) is 8.42 Å². The van der Waals surface area contributed by atoms with Crippen LogP contribution in [0.15, 0.2) is 41.7 Å². The predicted molar refractivity (Wildman–Crippen MR) is 82.0 cm³/mol. The van der Waals surface area contributed by atoms with E-state index in [1.54, 1.807) is 18.3 Å². The molecule has 0 aromatic carbocycles. The van der Waals surface area contributed by atoms with Crippen LogP contribution in [0.5, 0.6) is 0 Å². The van der Waals surface area contributed by atoms with Crippen molar-refractivity contribution in [2.45, 2.75) is 23.8 Å². The van der Waals surface area contributed by atoms with Crippen molar-refractivity contribution in [1.29, 1.82) is 0 Å². The Morgan fingerprint density at radius 2 is 2.10 bits per heavy atom. The first-order valence-electron chi connectivity index (χ1n) is 6.71. The number of nitrogens with one attached hydrogen (secondary N) is 1. The molecule has 1 aliphatic heterocycles. The first-order chi connectivity index (χ1) is 10.1. The molecule has 0 atom stereocenters. The maximum absolute atomic E-state index is 12.4. The van der Waals surface area contributed by atoms with Gasteiger partial charge in [-0.25, -0.2) is 22.8 Å². The number of sulfonamides is 1. The van der Waals surface area contributed by atoms with E-state index in [1.807, 2.05) is 17.8 Å². The van der Waals surface area contributed by atoms with Crippen LogP contribution in [-0.4, -0.2) is 40.7 Å². The quantitative estimate of drug-likeness (QED) is 0.921. The zero-order valence-corrected chi connectivity index (χ0v) is 13.0. The van der Waals surface area contributed by atoms with Gasteiger partial charge in [0.05, 0.1) is 12.4 Å². The smallest absolute Gasteiger partial charge is 0.237 e. The minimum atomic E-state index is -3.52. The Labute approximate surface area is 128 Å². The molecule has 6 nitrogen and oxygen atoms in total. The van der Waals surface area contributed by atoms with Crippen molar-refractivity contribution in [2.24, 2.45) is 0 Å². The highest BCUT2D eigenvalue weighted by Crippen LogP contribution is 2.19. The topological polar surface area (TPSA) is 76.9 Å². The van der Waals surface area contributed by atoms with E-state index in [2.05, 4.69) is 14.8 Å². The number of thioether (sulfide) groups is 1. The van der Waals surface area contributed by atoms with Gasteiger partial charge in [-0.2, -0.15) is 16.9 Å². The molecule has 112 valence electrons. The van der Waals surface area contributed by atoms with Gasteiger partial charge in [-0.1, -0.05) is 6.07 Å². The molecule has 0 bridgehead atoms. The van der Waals surface area contributed by atoms with E-state index in [1.165, 1.54) is 17.1 Å². The molecule has 1 N–H and O–H groups in total. The fourth-order valence-electron chi connectivity index (χ4n) is 2.16. The average Bonchev–Trinajstić information content (AvgIpc) is 2.99. The largest absolute Gasteiger partial charge is 0.243 e. The van der Waals surface area contributed by atoms with Gasteiger partial charge in [0.1, 0.15) is 4.90 Å². The number of pyridine rings is 1. The first-order valence-corrected chi connectivity index (χ1v) is 9.35. The lowest BCUT2D eigenvalue weighted by atomic mass is 10.2. The molecule has 1 fully saturated rings. The summed E-state index contributed by atoms with van der Waals surface area (Å²) in [6, 6.07) is 5.42. The molecule has 3 rings (SSSR count). The van der Waals surface area contributed by atoms with Crippen LogP contribution >= 0.6 is 11.8 Å². The van der Waals surface area contributed by atoms with Crippen LogP contribution in [0.3, 0.4) is 0 Å². The number of hydrogen-bond acceptors (Lipinski definition) is 5. The average molecular weight is 324 g/mol. The molecule has 0 unspecified atom stereocenters. The van der Waals surface area contributed by atoms with E-state index in [4.69, 9.17) is 0 Å². The Kier molecular flexibility index (Phi) is 4.27. The molecule has 0 spiro atoms. The second-order valence-electron chi connectivity index (χ2n) is 4.82. The molecule has 0 saturated carbocycles. The number of nitrogens with zero attached hydrogens (tertiary/aromatic N) is 3. The molecular weight excluding hydrogens is 308 g/mol. The Bertz CT molecular complexity index is 694. The second-order valence-corrected chi connectivity index (χ2v) is 7.76. The summed E-state index contributed by atoms with van der Waals surface area (Å²) in [5, 5.41) is 4.08. The SMILES string of the molecule is O=S(=O)(NC1CCSCC1)c1cnn(-c2ccccn2)c1. The van der Waals surface area contributed by atoms with Crippen LogP contribution in [0.4, 0.5) is 0 Å². The molecule has 3 heterocycles. The van der Waals surface area contributed by atoms with Crippen molar-refractivity contribution in [3.63, 3.8) is 0 Å².